The van der Waals surface area contributed by atoms with E-state index in [1.54, 1.807) is 0 Å². The number of rotatable bonds is 9. The van der Waals surface area contributed by atoms with Gasteiger partial charge in [0, 0.05) is 38.3 Å². The molecule has 14 rings (SSSR count). The highest BCUT2D eigenvalue weighted by atomic mass is 15.4. The molecule has 8 aromatic carbocycles. The topological polar surface area (TPSA) is 76.5 Å². The van der Waals surface area contributed by atoms with Crippen LogP contribution in [0.25, 0.3) is 100.0 Å². The fourth-order valence-electron chi connectivity index (χ4n) is 10.8. The van der Waals surface area contributed by atoms with Crippen molar-refractivity contribution in [2.75, 3.05) is 0 Å². The quantitative estimate of drug-likeness (QED) is 0.135. The minimum absolute atomic E-state index is 0.469. The molecule has 0 saturated carbocycles. The van der Waals surface area contributed by atoms with Crippen LogP contribution in [0.15, 0.2) is 212 Å². The van der Waals surface area contributed by atoms with Crippen molar-refractivity contribution in [3.63, 3.8) is 0 Å². The van der Waals surface area contributed by atoms with E-state index >= 15 is 0 Å². The second-order valence-electron chi connectivity index (χ2n) is 18.4. The van der Waals surface area contributed by atoms with Crippen molar-refractivity contribution in [2.45, 2.75) is 26.4 Å². The molecule has 0 saturated heterocycles. The second kappa shape index (κ2) is 16.0. The van der Waals surface area contributed by atoms with Gasteiger partial charge in [0.25, 0.3) is 0 Å². The van der Waals surface area contributed by atoms with Crippen molar-refractivity contribution in [3.05, 3.63) is 229 Å². The van der Waals surface area contributed by atoms with Gasteiger partial charge in [-0.1, -0.05) is 195 Å². The molecule has 9 heteroatoms. The van der Waals surface area contributed by atoms with Crippen molar-refractivity contribution >= 4 is 71.0 Å². The average Bonchev–Trinajstić information content (AvgIpc) is 4.24. The third kappa shape index (κ3) is 6.31. The molecule has 13 aromatic rings. The molecule has 1 unspecified atom stereocenters. The van der Waals surface area contributed by atoms with Crippen molar-refractivity contribution in [2.24, 2.45) is 5.92 Å². The maximum atomic E-state index is 5.52. The van der Waals surface area contributed by atoms with Crippen LogP contribution >= 0.6 is 0 Å². The van der Waals surface area contributed by atoms with Gasteiger partial charge < -0.3 is 24.2 Å². The Balaban J connectivity index is 1.12. The third-order valence-electron chi connectivity index (χ3n) is 14.0. The number of allylic oxidation sites excluding steroid dienone is 4. The first kappa shape index (κ1) is 40.0. The van der Waals surface area contributed by atoms with E-state index in [1.165, 1.54) is 0 Å². The predicted octanol–water partition coefficient (Wildman–Crippen LogP) is 12.0. The van der Waals surface area contributed by atoms with Gasteiger partial charge >= 0.3 is 0 Å². The number of fused-ring (bicyclic) bond motifs is 11. The Morgan fingerprint density at radius 3 is 1.59 bits per heavy atom. The summed E-state index contributed by atoms with van der Waals surface area (Å²) in [7, 11) is 0. The van der Waals surface area contributed by atoms with Crippen molar-refractivity contribution < 1.29 is 9.36 Å². The molecule has 1 aliphatic carbocycles. The highest BCUT2D eigenvalue weighted by Crippen LogP contribution is 2.45. The van der Waals surface area contributed by atoms with E-state index in [1.807, 2.05) is 6.07 Å². The first-order chi connectivity index (χ1) is 34.6. The zero-order valence-corrected chi connectivity index (χ0v) is 38.4. The molecule has 9 nitrogen and oxygen atoms in total. The highest BCUT2D eigenvalue weighted by molar-refractivity contribution is 6.28. The van der Waals surface area contributed by atoms with Crippen LogP contribution in [0.1, 0.15) is 30.3 Å². The lowest BCUT2D eigenvalue weighted by molar-refractivity contribution is -0.742. The van der Waals surface area contributed by atoms with E-state index in [-0.39, 0.29) is 0 Å². The molecule has 5 aromatic heterocycles. The number of hydrogen-bond donors (Lipinski definition) is 0. The molecule has 5 heterocycles. The molecule has 0 bridgehead atoms. The van der Waals surface area contributed by atoms with Gasteiger partial charge in [0.1, 0.15) is 17.6 Å². The number of hydrogen-bond acceptors (Lipinski definition) is 2. The summed E-state index contributed by atoms with van der Waals surface area (Å²) in [6, 6.07) is 68.9. The Hall–Kier alpha value is -9.08. The zero-order valence-electron chi connectivity index (χ0n) is 38.4. The Morgan fingerprint density at radius 1 is 0.486 bits per heavy atom. The van der Waals surface area contributed by atoms with E-state index in [2.05, 4.69) is 236 Å². The summed E-state index contributed by atoms with van der Waals surface area (Å²) >= 11 is 0. The van der Waals surface area contributed by atoms with Crippen molar-refractivity contribution in [1.82, 2.24) is 33.9 Å². The van der Waals surface area contributed by atoms with Gasteiger partial charge in [-0.05, 0) is 75.4 Å². The fourth-order valence-corrected chi connectivity index (χ4v) is 10.8. The average molecular weight is 904 g/mol. The maximum absolute atomic E-state index is 5.52. The summed E-state index contributed by atoms with van der Waals surface area (Å²) in [5.41, 5.74) is 11.7. The first-order valence-corrected chi connectivity index (χ1v) is 24.0. The number of aromatic nitrogens is 9. The van der Waals surface area contributed by atoms with Crippen LogP contribution in [0.2, 0.25) is 0 Å². The highest BCUT2D eigenvalue weighted by Gasteiger charge is 2.27. The molecule has 1 aliphatic rings. The number of nitrogens with zero attached hydrogens (tertiary/aromatic N) is 9. The molecule has 0 N–H and O–H groups in total. The molecule has 0 amide bonds. The molecule has 70 heavy (non-hydrogen) atoms. The standard InChI is InChI=1S/C61H45N9/c1-40-30-32-43(33-31-40)58-62-61(67(64-58)39-42-20-8-3-9-21-42)70-53-29-17-15-27-47(53)49-35-37-51-50-36-34-48-46-26-14-16-28-52(46)69(56(48)54(50)68(55(51)57(49)70)45-24-12-5-13-25-45)60-63-59(44-22-10-4-11-23-44)66(65-60)38-41-18-6-2-7-19-41/h2-30,32-37,40H,31,38-39H2,1H3. The van der Waals surface area contributed by atoms with Crippen LogP contribution in [-0.2, 0) is 13.1 Å². The smallest absolute Gasteiger partial charge is 0.229 e. The van der Waals surface area contributed by atoms with Crippen LogP contribution in [0.5, 0.6) is 0 Å². The Kier molecular flexibility index (Phi) is 9.17. The summed E-state index contributed by atoms with van der Waals surface area (Å²) < 4.78 is 11.3. The predicted molar refractivity (Wildman–Crippen MR) is 280 cm³/mol. The molecular formula is C61H45N9. The third-order valence-corrected chi connectivity index (χ3v) is 14.0. The summed E-state index contributed by atoms with van der Waals surface area (Å²) in [5, 5.41) is 17.6. The molecule has 334 valence electrons. The minimum Gasteiger partial charge on any atom is -0.375 e. The SMILES string of the molecule is CC1C=CC(c2nc(-n3c4ccccc4c4ccc5c6ccc7c8ccccc8n(-c8nc(-c9ccccc9)[n+](Cc9ccccc9)[n-]8)c7c6n(-c6ccccc6)c5c43)[n+](Cc3ccccc3)[n-]2)=CC1. The monoisotopic (exact) mass is 903 g/mol. The van der Waals surface area contributed by atoms with Gasteiger partial charge in [-0.3, -0.25) is 4.68 Å². The lowest BCUT2D eigenvalue weighted by Crippen LogP contribution is -2.42. The van der Waals surface area contributed by atoms with E-state index in [0.717, 1.165) is 117 Å². The zero-order chi connectivity index (χ0) is 46.3. The van der Waals surface area contributed by atoms with Crippen LogP contribution in [0, 0.1) is 5.92 Å². The summed E-state index contributed by atoms with van der Waals surface area (Å²) in [6.07, 6.45) is 7.68. The molecule has 0 radical (unpaired) electrons. The van der Waals surface area contributed by atoms with Crippen molar-refractivity contribution in [1.29, 1.82) is 0 Å². The van der Waals surface area contributed by atoms with Gasteiger partial charge in [-0.15, -0.1) is 0 Å². The fraction of sp³-hybridized carbons (Fsp3) is 0.0820. The minimum atomic E-state index is 0.469. The summed E-state index contributed by atoms with van der Waals surface area (Å²) in [5.74, 6) is 3.37. The normalized spacial score (nSPS) is 14.0. The Bertz CT molecular complexity index is 4210. The number of para-hydroxylation sites is 3. The van der Waals surface area contributed by atoms with E-state index < -0.39 is 0 Å². The summed E-state index contributed by atoms with van der Waals surface area (Å²) in [4.78, 5) is 11.0. The van der Waals surface area contributed by atoms with Crippen LogP contribution < -0.4 is 19.6 Å². The lowest BCUT2D eigenvalue weighted by Gasteiger charge is -2.15. The van der Waals surface area contributed by atoms with Crippen LogP contribution in [0.3, 0.4) is 0 Å². The maximum Gasteiger partial charge on any atom is 0.229 e. The van der Waals surface area contributed by atoms with Gasteiger partial charge in [0.15, 0.2) is 5.82 Å². The molecular weight excluding hydrogens is 859 g/mol. The van der Waals surface area contributed by atoms with Crippen LogP contribution in [0.4, 0.5) is 0 Å². The number of benzene rings is 8. The first-order valence-electron chi connectivity index (χ1n) is 24.0. The van der Waals surface area contributed by atoms with E-state index in [4.69, 9.17) is 20.2 Å². The lowest BCUT2D eigenvalue weighted by atomic mass is 9.98. The van der Waals surface area contributed by atoms with E-state index in [0.29, 0.717) is 25.0 Å². The van der Waals surface area contributed by atoms with Crippen molar-refractivity contribution in [3.8, 4) is 29.0 Å². The largest absolute Gasteiger partial charge is 0.375 e. The second-order valence-corrected chi connectivity index (χ2v) is 18.4. The van der Waals surface area contributed by atoms with E-state index in [9.17, 15) is 0 Å². The van der Waals surface area contributed by atoms with Gasteiger partial charge in [0.2, 0.25) is 5.95 Å². The van der Waals surface area contributed by atoms with Gasteiger partial charge in [-0.25, -0.2) is 14.3 Å². The van der Waals surface area contributed by atoms with Gasteiger partial charge in [-0.2, -0.15) is 0 Å². The van der Waals surface area contributed by atoms with Crippen LogP contribution in [-0.4, -0.2) is 23.7 Å². The van der Waals surface area contributed by atoms with Gasteiger partial charge in [0.05, 0.1) is 23.5 Å². The molecule has 1 atom stereocenters. The summed E-state index contributed by atoms with van der Waals surface area (Å²) in [6.45, 7) is 3.37. The Labute approximate surface area is 403 Å². The Morgan fingerprint density at radius 2 is 0.986 bits per heavy atom. The molecule has 0 fully saturated rings. The molecule has 0 spiro atoms. The molecule has 0 aliphatic heterocycles.